The number of rotatable bonds is 2. The lowest BCUT2D eigenvalue weighted by Gasteiger charge is -2.35. The van der Waals surface area contributed by atoms with E-state index in [2.05, 4.69) is 11.9 Å². The molecule has 1 fully saturated rings. The molecular formula is C12H14N2OS. The van der Waals surface area contributed by atoms with Gasteiger partial charge >= 0.3 is 0 Å². The van der Waals surface area contributed by atoms with Crippen LogP contribution in [0.2, 0.25) is 0 Å². The molecule has 0 amide bonds. The van der Waals surface area contributed by atoms with E-state index in [1.54, 1.807) is 17.6 Å². The van der Waals surface area contributed by atoms with Gasteiger partial charge < -0.3 is 10.2 Å². The van der Waals surface area contributed by atoms with E-state index in [0.717, 1.165) is 29.3 Å². The smallest absolute Gasteiger partial charge is 0.153 e. The van der Waals surface area contributed by atoms with E-state index in [1.165, 1.54) is 11.3 Å². The maximum absolute atomic E-state index is 6.28. The molecule has 3 rings (SSSR count). The summed E-state index contributed by atoms with van der Waals surface area (Å²) in [7, 11) is 0. The lowest BCUT2D eigenvalue weighted by molar-refractivity contribution is 0.253. The fraction of sp³-hybridized carbons (Fsp3) is 0.417. The minimum Gasteiger partial charge on any atom is -0.463 e. The zero-order chi connectivity index (χ0) is 11.2. The Morgan fingerprint density at radius 3 is 2.88 bits per heavy atom. The first-order chi connectivity index (χ1) is 7.69. The molecule has 2 aromatic rings. The number of furan rings is 1. The molecule has 0 unspecified atom stereocenters. The van der Waals surface area contributed by atoms with Gasteiger partial charge in [0, 0.05) is 4.88 Å². The van der Waals surface area contributed by atoms with Crippen LogP contribution in [0.5, 0.6) is 0 Å². The Labute approximate surface area is 98.3 Å². The topological polar surface area (TPSA) is 52.0 Å². The van der Waals surface area contributed by atoms with Gasteiger partial charge in [-0.2, -0.15) is 0 Å². The van der Waals surface area contributed by atoms with Crippen LogP contribution >= 0.6 is 11.3 Å². The maximum atomic E-state index is 6.28. The average Bonchev–Trinajstić information content (AvgIpc) is 2.82. The summed E-state index contributed by atoms with van der Waals surface area (Å²) in [5.74, 6) is 0.836. The quantitative estimate of drug-likeness (QED) is 0.868. The van der Waals surface area contributed by atoms with Crippen molar-refractivity contribution < 1.29 is 4.42 Å². The second-order valence-corrected chi connectivity index (χ2v) is 5.61. The van der Waals surface area contributed by atoms with Crippen LogP contribution in [0, 0.1) is 6.92 Å². The van der Waals surface area contributed by atoms with Crippen molar-refractivity contribution in [3.63, 3.8) is 0 Å². The molecule has 0 radical (unpaired) electrons. The van der Waals surface area contributed by atoms with E-state index in [0.29, 0.717) is 0 Å². The van der Waals surface area contributed by atoms with Crippen LogP contribution in [0.1, 0.15) is 29.1 Å². The highest BCUT2D eigenvalue weighted by molar-refractivity contribution is 7.12. The molecule has 2 N–H and O–H groups in total. The van der Waals surface area contributed by atoms with Gasteiger partial charge in [-0.25, -0.2) is 4.98 Å². The van der Waals surface area contributed by atoms with Crippen molar-refractivity contribution in [1.82, 2.24) is 4.98 Å². The van der Waals surface area contributed by atoms with Gasteiger partial charge in [-0.15, -0.1) is 11.3 Å². The Hall–Kier alpha value is -1.13. The lowest BCUT2D eigenvalue weighted by atomic mass is 9.78. The van der Waals surface area contributed by atoms with Crippen molar-refractivity contribution in [1.29, 1.82) is 0 Å². The lowest BCUT2D eigenvalue weighted by Crippen LogP contribution is -2.43. The van der Waals surface area contributed by atoms with Crippen LogP contribution in [0.3, 0.4) is 0 Å². The molecular weight excluding hydrogens is 220 g/mol. The third-order valence-electron chi connectivity index (χ3n) is 3.22. The Morgan fingerprint density at radius 1 is 1.50 bits per heavy atom. The van der Waals surface area contributed by atoms with Gasteiger partial charge in [-0.3, -0.25) is 0 Å². The number of thiazole rings is 1. The molecule has 1 saturated carbocycles. The van der Waals surface area contributed by atoms with Gasteiger partial charge in [-0.1, -0.05) is 0 Å². The summed E-state index contributed by atoms with van der Waals surface area (Å²) in [5, 5.41) is 1.06. The predicted molar refractivity (Wildman–Crippen MR) is 64.3 cm³/mol. The number of nitrogens with zero attached hydrogens (tertiary/aromatic N) is 1. The third-order valence-corrected chi connectivity index (χ3v) is 4.41. The molecule has 3 nitrogen and oxygen atoms in total. The molecule has 0 saturated heterocycles. The van der Waals surface area contributed by atoms with Gasteiger partial charge in [0.25, 0.3) is 0 Å². The Morgan fingerprint density at radius 2 is 2.31 bits per heavy atom. The molecule has 1 aliphatic carbocycles. The summed E-state index contributed by atoms with van der Waals surface area (Å²) in [6, 6.07) is 3.82. The standard InChI is InChI=1S/C12H14N2OS/c1-8-10(9-4-2-7-15-9)14-11(16-8)12(13)5-3-6-12/h2,4,7H,3,5-6,13H2,1H3. The van der Waals surface area contributed by atoms with Crippen LogP contribution in [0.4, 0.5) is 0 Å². The molecule has 2 aromatic heterocycles. The highest BCUT2D eigenvalue weighted by Crippen LogP contribution is 2.42. The largest absolute Gasteiger partial charge is 0.463 e. The minimum absolute atomic E-state index is 0.166. The summed E-state index contributed by atoms with van der Waals surface area (Å²) in [6.07, 6.45) is 5.00. The van der Waals surface area contributed by atoms with E-state index in [1.807, 2.05) is 12.1 Å². The second-order valence-electron chi connectivity index (χ2n) is 4.41. The van der Waals surface area contributed by atoms with E-state index in [-0.39, 0.29) is 5.54 Å². The van der Waals surface area contributed by atoms with Crippen molar-refractivity contribution >= 4 is 11.3 Å². The second kappa shape index (κ2) is 3.43. The molecule has 0 atom stereocenters. The Balaban J connectivity index is 2.02. The van der Waals surface area contributed by atoms with Gasteiger partial charge in [0.15, 0.2) is 5.76 Å². The molecule has 4 heteroatoms. The third kappa shape index (κ3) is 1.41. The predicted octanol–water partition coefficient (Wildman–Crippen LogP) is 3.05. The van der Waals surface area contributed by atoms with Crippen LogP contribution in [-0.2, 0) is 5.54 Å². The van der Waals surface area contributed by atoms with E-state index in [9.17, 15) is 0 Å². The van der Waals surface area contributed by atoms with Crippen LogP contribution in [0.15, 0.2) is 22.8 Å². The van der Waals surface area contributed by atoms with E-state index in [4.69, 9.17) is 10.2 Å². The molecule has 84 valence electrons. The fourth-order valence-electron chi connectivity index (χ4n) is 2.02. The average molecular weight is 234 g/mol. The van der Waals surface area contributed by atoms with Crippen molar-refractivity contribution in [3.05, 3.63) is 28.3 Å². The van der Waals surface area contributed by atoms with Crippen LogP contribution in [0.25, 0.3) is 11.5 Å². The van der Waals surface area contributed by atoms with Crippen LogP contribution in [-0.4, -0.2) is 4.98 Å². The SMILES string of the molecule is Cc1sc(C2(N)CCC2)nc1-c1ccco1. The number of aromatic nitrogens is 1. The summed E-state index contributed by atoms with van der Waals surface area (Å²) < 4.78 is 5.38. The monoisotopic (exact) mass is 234 g/mol. The first-order valence-electron chi connectivity index (χ1n) is 5.50. The van der Waals surface area contributed by atoms with E-state index < -0.39 is 0 Å². The first kappa shape index (κ1) is 10.1. The van der Waals surface area contributed by atoms with Crippen molar-refractivity contribution in [2.24, 2.45) is 5.73 Å². The fourth-order valence-corrected chi connectivity index (χ4v) is 3.10. The number of hydrogen-bond acceptors (Lipinski definition) is 4. The molecule has 1 aliphatic rings. The highest BCUT2D eigenvalue weighted by atomic mass is 32.1. The summed E-state index contributed by atoms with van der Waals surface area (Å²) in [4.78, 5) is 5.83. The number of aryl methyl sites for hydroxylation is 1. The van der Waals surface area contributed by atoms with Crippen molar-refractivity contribution in [2.45, 2.75) is 31.7 Å². The summed E-state index contributed by atoms with van der Waals surface area (Å²) in [5.41, 5.74) is 7.06. The van der Waals surface area contributed by atoms with Crippen LogP contribution < -0.4 is 5.73 Å². The normalized spacial score (nSPS) is 18.4. The molecule has 2 heterocycles. The summed E-state index contributed by atoms with van der Waals surface area (Å²) in [6.45, 7) is 2.07. The van der Waals surface area contributed by atoms with Crippen molar-refractivity contribution in [3.8, 4) is 11.5 Å². The van der Waals surface area contributed by atoms with Crippen molar-refractivity contribution in [2.75, 3.05) is 0 Å². The zero-order valence-electron chi connectivity index (χ0n) is 9.19. The summed E-state index contributed by atoms with van der Waals surface area (Å²) >= 11 is 1.70. The minimum atomic E-state index is -0.166. The number of hydrogen-bond donors (Lipinski definition) is 1. The maximum Gasteiger partial charge on any atom is 0.153 e. The van der Waals surface area contributed by atoms with E-state index >= 15 is 0 Å². The molecule has 0 bridgehead atoms. The molecule has 0 spiro atoms. The molecule has 0 aromatic carbocycles. The van der Waals surface area contributed by atoms with Gasteiger partial charge in [0.1, 0.15) is 10.7 Å². The van der Waals surface area contributed by atoms with Gasteiger partial charge in [0.05, 0.1) is 11.8 Å². The first-order valence-corrected chi connectivity index (χ1v) is 6.31. The Kier molecular flexibility index (Phi) is 2.16. The highest BCUT2D eigenvalue weighted by Gasteiger charge is 2.37. The van der Waals surface area contributed by atoms with Gasteiger partial charge in [-0.05, 0) is 38.3 Å². The molecule has 16 heavy (non-hydrogen) atoms. The zero-order valence-corrected chi connectivity index (χ0v) is 10.0. The number of nitrogens with two attached hydrogens (primary N) is 1. The van der Waals surface area contributed by atoms with Gasteiger partial charge in [0.2, 0.25) is 0 Å². The Bertz CT molecular complexity index is 497. The molecule has 0 aliphatic heterocycles.